The van der Waals surface area contributed by atoms with Gasteiger partial charge in [-0.3, -0.25) is 4.79 Å². The molecule has 1 N–H and O–H groups in total. The van der Waals surface area contributed by atoms with Gasteiger partial charge in [-0.25, -0.2) is 13.2 Å². The number of hydrogen-bond acceptors (Lipinski definition) is 4. The highest BCUT2D eigenvalue weighted by Gasteiger charge is 2.47. The van der Waals surface area contributed by atoms with E-state index in [2.05, 4.69) is 0 Å². The Morgan fingerprint density at radius 2 is 1.88 bits per heavy atom. The Bertz CT molecular complexity index is 817. The first-order valence-corrected chi connectivity index (χ1v) is 10.5. The summed E-state index contributed by atoms with van der Waals surface area (Å²) in [6.07, 6.45) is 5.40. The fraction of sp³-hybridized carbons (Fsp3) is 0.556. The second kappa shape index (κ2) is 6.44. The lowest BCUT2D eigenvalue weighted by Gasteiger charge is -2.33. The molecule has 3 atom stereocenters. The number of aryl methyl sites for hydroxylation is 1. The van der Waals surface area contributed by atoms with Crippen molar-refractivity contribution in [3.05, 3.63) is 29.3 Å². The number of fused-ring (bicyclic) bond motifs is 1. The molecule has 1 saturated carbocycles. The zero-order valence-electron chi connectivity index (χ0n) is 14.4. The molecular formula is C18H23NO5S. The third-order valence-electron chi connectivity index (χ3n) is 5.44. The third kappa shape index (κ3) is 3.29. The van der Waals surface area contributed by atoms with E-state index in [0.717, 1.165) is 31.9 Å². The van der Waals surface area contributed by atoms with Crippen LogP contribution in [0.25, 0.3) is 0 Å². The third-order valence-corrected chi connectivity index (χ3v) is 6.68. The van der Waals surface area contributed by atoms with E-state index in [4.69, 9.17) is 0 Å². The van der Waals surface area contributed by atoms with Gasteiger partial charge >= 0.3 is 5.97 Å². The van der Waals surface area contributed by atoms with Crippen LogP contribution in [0.5, 0.6) is 0 Å². The molecule has 2 aliphatic rings. The van der Waals surface area contributed by atoms with Gasteiger partial charge in [-0.2, -0.15) is 0 Å². The maximum Gasteiger partial charge on any atom is 0.326 e. The zero-order chi connectivity index (χ0) is 18.4. The van der Waals surface area contributed by atoms with Crippen LogP contribution in [0.2, 0.25) is 0 Å². The Morgan fingerprint density at radius 1 is 1.20 bits per heavy atom. The predicted octanol–water partition coefficient (Wildman–Crippen LogP) is 2.26. The Morgan fingerprint density at radius 3 is 2.52 bits per heavy atom. The van der Waals surface area contributed by atoms with Crippen LogP contribution in [0.4, 0.5) is 0 Å². The lowest BCUT2D eigenvalue weighted by Crippen LogP contribution is -2.46. The van der Waals surface area contributed by atoms with Crippen molar-refractivity contribution in [2.75, 3.05) is 6.26 Å². The van der Waals surface area contributed by atoms with Crippen molar-refractivity contribution in [2.24, 2.45) is 5.92 Å². The number of amides is 1. The van der Waals surface area contributed by atoms with Crippen LogP contribution in [0.3, 0.4) is 0 Å². The molecular weight excluding hydrogens is 342 g/mol. The van der Waals surface area contributed by atoms with Crippen molar-refractivity contribution in [3.8, 4) is 0 Å². The monoisotopic (exact) mass is 365 g/mol. The summed E-state index contributed by atoms with van der Waals surface area (Å²) < 4.78 is 23.9. The number of carbonyl (C=O) groups is 2. The summed E-state index contributed by atoms with van der Waals surface area (Å²) in [4.78, 5) is 26.4. The van der Waals surface area contributed by atoms with Gasteiger partial charge in [-0.05, 0) is 49.8 Å². The normalized spacial score (nSPS) is 26.3. The summed E-state index contributed by atoms with van der Waals surface area (Å²) in [5.41, 5.74) is 0.814. The maximum atomic E-state index is 13.1. The van der Waals surface area contributed by atoms with Crippen molar-refractivity contribution in [3.63, 3.8) is 0 Å². The molecule has 2 fully saturated rings. The van der Waals surface area contributed by atoms with Gasteiger partial charge in [0, 0.05) is 17.9 Å². The first-order chi connectivity index (χ1) is 11.7. The van der Waals surface area contributed by atoms with Gasteiger partial charge in [0.1, 0.15) is 6.04 Å². The number of benzene rings is 1. The quantitative estimate of drug-likeness (QED) is 0.887. The predicted molar refractivity (Wildman–Crippen MR) is 92.2 cm³/mol. The summed E-state index contributed by atoms with van der Waals surface area (Å²) >= 11 is 0. The molecule has 6 nitrogen and oxygen atoms in total. The van der Waals surface area contributed by atoms with E-state index in [1.807, 2.05) is 0 Å². The largest absolute Gasteiger partial charge is 0.480 e. The Kier molecular flexibility index (Phi) is 4.62. The summed E-state index contributed by atoms with van der Waals surface area (Å²) in [6, 6.07) is 3.67. The number of carboxylic acids is 1. The van der Waals surface area contributed by atoms with Crippen LogP contribution < -0.4 is 0 Å². The highest BCUT2D eigenvalue weighted by atomic mass is 32.2. The van der Waals surface area contributed by atoms with Crippen molar-refractivity contribution < 1.29 is 23.1 Å². The lowest BCUT2D eigenvalue weighted by atomic mass is 9.84. The van der Waals surface area contributed by atoms with E-state index in [1.165, 1.54) is 11.0 Å². The topological polar surface area (TPSA) is 91.8 Å². The van der Waals surface area contributed by atoms with Gasteiger partial charge in [0.25, 0.3) is 5.91 Å². The number of rotatable bonds is 3. The van der Waals surface area contributed by atoms with Crippen LogP contribution in [0, 0.1) is 12.8 Å². The van der Waals surface area contributed by atoms with Gasteiger partial charge in [0.05, 0.1) is 4.90 Å². The lowest BCUT2D eigenvalue weighted by molar-refractivity contribution is -0.141. The van der Waals surface area contributed by atoms with Gasteiger partial charge in [0.15, 0.2) is 9.84 Å². The number of carboxylic acid groups (broad SMARTS) is 1. The Balaban J connectivity index is 1.99. The molecule has 7 heteroatoms. The molecule has 136 valence electrons. The molecule has 25 heavy (non-hydrogen) atoms. The minimum Gasteiger partial charge on any atom is -0.480 e. The molecule has 1 aliphatic heterocycles. The van der Waals surface area contributed by atoms with E-state index in [0.29, 0.717) is 12.0 Å². The van der Waals surface area contributed by atoms with Crippen LogP contribution in [0.1, 0.15) is 48.0 Å². The van der Waals surface area contributed by atoms with Crippen molar-refractivity contribution in [1.29, 1.82) is 0 Å². The van der Waals surface area contributed by atoms with E-state index >= 15 is 0 Å². The average molecular weight is 365 g/mol. The highest BCUT2D eigenvalue weighted by molar-refractivity contribution is 7.90. The zero-order valence-corrected chi connectivity index (χ0v) is 15.3. The number of hydrogen-bond donors (Lipinski definition) is 1. The van der Waals surface area contributed by atoms with Crippen molar-refractivity contribution in [1.82, 2.24) is 4.90 Å². The van der Waals surface area contributed by atoms with E-state index in [-0.39, 0.29) is 28.3 Å². The second-order valence-electron chi connectivity index (χ2n) is 7.17. The molecule has 0 unspecified atom stereocenters. The highest BCUT2D eigenvalue weighted by Crippen LogP contribution is 2.40. The number of aliphatic carboxylic acids is 1. The summed E-state index contributed by atoms with van der Waals surface area (Å²) in [5.74, 6) is -1.15. The standard InChI is InChI=1S/C18H23NO5S/c1-11-7-8-13(10-16(11)25(2,23)24)17(20)19-14-6-4-3-5-12(14)9-15(19)18(21)22/h7-8,10,12,14-15H,3-6,9H2,1-2H3,(H,21,22)/t12-,14+,15-/m0/s1. The average Bonchev–Trinajstić information content (AvgIpc) is 2.93. The molecule has 3 rings (SSSR count). The smallest absolute Gasteiger partial charge is 0.326 e. The second-order valence-corrected chi connectivity index (χ2v) is 9.15. The van der Waals surface area contributed by atoms with Crippen LogP contribution in [0.15, 0.2) is 23.1 Å². The summed E-state index contributed by atoms with van der Waals surface area (Å²) in [7, 11) is -3.45. The molecule has 0 aromatic heterocycles. The van der Waals surface area contributed by atoms with Gasteiger partial charge < -0.3 is 10.0 Å². The molecule has 0 spiro atoms. The van der Waals surface area contributed by atoms with Gasteiger partial charge in [-0.15, -0.1) is 0 Å². The molecule has 1 aromatic carbocycles. The first kappa shape index (κ1) is 17.9. The van der Waals surface area contributed by atoms with Gasteiger partial charge in [-0.1, -0.05) is 18.9 Å². The van der Waals surface area contributed by atoms with Crippen molar-refractivity contribution in [2.45, 2.75) is 56.0 Å². The van der Waals surface area contributed by atoms with Gasteiger partial charge in [0.2, 0.25) is 0 Å². The SMILES string of the molecule is Cc1ccc(C(=O)N2[C@@H]3CCCC[C@H]3C[C@H]2C(=O)O)cc1S(C)(=O)=O. The molecule has 1 saturated heterocycles. The Hall–Kier alpha value is -1.89. The minimum atomic E-state index is -3.45. The van der Waals surface area contributed by atoms with Crippen LogP contribution in [-0.2, 0) is 14.6 Å². The molecule has 1 aliphatic carbocycles. The first-order valence-electron chi connectivity index (χ1n) is 8.56. The number of sulfone groups is 1. The molecule has 1 heterocycles. The molecule has 1 amide bonds. The minimum absolute atomic E-state index is 0.0645. The fourth-order valence-corrected chi connectivity index (χ4v) is 5.25. The molecule has 0 radical (unpaired) electrons. The maximum absolute atomic E-state index is 13.1. The van der Waals surface area contributed by atoms with E-state index in [9.17, 15) is 23.1 Å². The molecule has 0 bridgehead atoms. The van der Waals surface area contributed by atoms with Crippen molar-refractivity contribution >= 4 is 21.7 Å². The van der Waals surface area contributed by atoms with Crippen LogP contribution in [-0.4, -0.2) is 48.6 Å². The van der Waals surface area contributed by atoms with Crippen LogP contribution >= 0.6 is 0 Å². The Labute approximate surface area is 147 Å². The number of likely N-dealkylation sites (tertiary alicyclic amines) is 1. The number of carbonyl (C=O) groups excluding carboxylic acids is 1. The summed E-state index contributed by atoms with van der Waals surface area (Å²) in [5, 5.41) is 9.56. The van der Waals surface area contributed by atoms with E-state index < -0.39 is 21.8 Å². The summed E-state index contributed by atoms with van der Waals surface area (Å²) in [6.45, 7) is 1.68. The fourth-order valence-electron chi connectivity index (χ4n) is 4.25. The van der Waals surface area contributed by atoms with E-state index in [1.54, 1.807) is 19.1 Å². The molecule has 1 aromatic rings. The number of nitrogens with zero attached hydrogens (tertiary/aromatic N) is 1.